The molecule has 4 nitrogen and oxygen atoms in total. The third-order valence-electron chi connectivity index (χ3n) is 3.25. The molecule has 0 aliphatic carbocycles. The van der Waals surface area contributed by atoms with Crippen LogP contribution in [0.15, 0.2) is 42.6 Å². The Bertz CT molecular complexity index is 640. The number of para-hydroxylation sites is 1. The van der Waals surface area contributed by atoms with Gasteiger partial charge in [0, 0.05) is 24.1 Å². The van der Waals surface area contributed by atoms with Gasteiger partial charge in [-0.05, 0) is 23.8 Å². The first-order chi connectivity index (χ1) is 9.83. The number of pyridine rings is 1. The van der Waals surface area contributed by atoms with E-state index in [1.165, 1.54) is 6.08 Å². The number of hydrogen-bond donors (Lipinski definition) is 0. The lowest BCUT2D eigenvalue weighted by Gasteiger charge is -2.07. The van der Waals surface area contributed by atoms with Crippen molar-refractivity contribution in [2.75, 3.05) is 13.2 Å². The van der Waals surface area contributed by atoms with Crippen molar-refractivity contribution in [1.82, 2.24) is 4.98 Å². The molecular weight excluding hydrogens is 254 g/mol. The third kappa shape index (κ3) is 2.86. The van der Waals surface area contributed by atoms with Gasteiger partial charge in [0.15, 0.2) is 0 Å². The van der Waals surface area contributed by atoms with Crippen LogP contribution in [0.5, 0.6) is 0 Å². The molecule has 20 heavy (non-hydrogen) atoms. The molecule has 0 saturated carbocycles. The zero-order valence-electron chi connectivity index (χ0n) is 11.0. The Labute approximate surface area is 117 Å². The molecule has 3 rings (SSSR count). The van der Waals surface area contributed by atoms with Crippen molar-refractivity contribution in [2.45, 2.75) is 12.5 Å². The quantitative estimate of drug-likeness (QED) is 0.634. The van der Waals surface area contributed by atoms with E-state index >= 15 is 0 Å². The summed E-state index contributed by atoms with van der Waals surface area (Å²) < 4.78 is 10.4. The van der Waals surface area contributed by atoms with Gasteiger partial charge in [0.1, 0.15) is 6.10 Å². The summed E-state index contributed by atoms with van der Waals surface area (Å²) in [6.07, 6.45) is 5.62. The highest BCUT2D eigenvalue weighted by Crippen LogP contribution is 2.17. The van der Waals surface area contributed by atoms with Gasteiger partial charge in [0.25, 0.3) is 0 Å². The zero-order chi connectivity index (χ0) is 13.8. The number of carbonyl (C=O) groups excluding carboxylic acids is 1. The van der Waals surface area contributed by atoms with E-state index in [1.807, 2.05) is 30.3 Å². The molecule has 1 aromatic heterocycles. The molecule has 4 heteroatoms. The number of nitrogens with zero attached hydrogens (tertiary/aromatic N) is 1. The normalized spacial score (nSPS) is 18.7. The molecule has 2 heterocycles. The van der Waals surface area contributed by atoms with Crippen LogP contribution in [0, 0.1) is 0 Å². The third-order valence-corrected chi connectivity index (χ3v) is 3.25. The molecule has 1 aliphatic heterocycles. The van der Waals surface area contributed by atoms with Gasteiger partial charge >= 0.3 is 5.97 Å². The lowest BCUT2D eigenvalue weighted by Crippen LogP contribution is -2.16. The van der Waals surface area contributed by atoms with Crippen LogP contribution in [-0.2, 0) is 14.3 Å². The number of rotatable bonds is 3. The van der Waals surface area contributed by atoms with E-state index in [0.29, 0.717) is 13.2 Å². The first-order valence-corrected chi connectivity index (χ1v) is 6.63. The molecule has 1 aromatic carbocycles. The Morgan fingerprint density at radius 1 is 1.35 bits per heavy atom. The second kappa shape index (κ2) is 5.84. The molecular formula is C16H15NO3. The van der Waals surface area contributed by atoms with Crippen LogP contribution in [0.2, 0.25) is 0 Å². The number of hydrogen-bond acceptors (Lipinski definition) is 4. The Balaban J connectivity index is 1.75. The summed E-state index contributed by atoms with van der Waals surface area (Å²) in [6.45, 7) is 1.16. The molecule has 0 bridgehead atoms. The summed E-state index contributed by atoms with van der Waals surface area (Å²) in [4.78, 5) is 16.0. The lowest BCUT2D eigenvalue weighted by atomic mass is 10.1. The van der Waals surface area contributed by atoms with Crippen LogP contribution in [0.4, 0.5) is 0 Å². The highest BCUT2D eigenvalue weighted by molar-refractivity contribution is 5.93. The van der Waals surface area contributed by atoms with E-state index in [1.54, 1.807) is 12.3 Å². The van der Waals surface area contributed by atoms with Crippen molar-refractivity contribution in [2.24, 2.45) is 0 Å². The second-order valence-corrected chi connectivity index (χ2v) is 4.67. The molecule has 0 unspecified atom stereocenters. The fourth-order valence-electron chi connectivity index (χ4n) is 2.23. The fourth-order valence-corrected chi connectivity index (χ4v) is 2.23. The predicted molar refractivity (Wildman–Crippen MR) is 76.1 cm³/mol. The van der Waals surface area contributed by atoms with Crippen LogP contribution in [-0.4, -0.2) is 30.3 Å². The molecule has 1 saturated heterocycles. The number of ether oxygens (including phenoxy) is 2. The van der Waals surface area contributed by atoms with Crippen LogP contribution >= 0.6 is 0 Å². The smallest absolute Gasteiger partial charge is 0.331 e. The Kier molecular flexibility index (Phi) is 3.74. The van der Waals surface area contributed by atoms with Gasteiger partial charge in [-0.1, -0.05) is 18.2 Å². The molecule has 0 radical (unpaired) electrons. The number of carbonyl (C=O) groups is 1. The van der Waals surface area contributed by atoms with E-state index in [0.717, 1.165) is 22.9 Å². The van der Waals surface area contributed by atoms with Gasteiger partial charge in [0.2, 0.25) is 0 Å². The minimum Gasteiger partial charge on any atom is -0.457 e. The minimum absolute atomic E-state index is 0.110. The van der Waals surface area contributed by atoms with Crippen molar-refractivity contribution in [3.8, 4) is 0 Å². The molecule has 102 valence electrons. The monoisotopic (exact) mass is 269 g/mol. The number of fused-ring (bicyclic) bond motifs is 1. The highest BCUT2D eigenvalue weighted by atomic mass is 16.6. The summed E-state index contributed by atoms with van der Waals surface area (Å²) in [5.41, 5.74) is 1.86. The maximum absolute atomic E-state index is 11.7. The summed E-state index contributed by atoms with van der Waals surface area (Å²) in [6, 6.07) is 9.70. The molecule has 0 amide bonds. The first-order valence-electron chi connectivity index (χ1n) is 6.63. The van der Waals surface area contributed by atoms with E-state index < -0.39 is 0 Å². The van der Waals surface area contributed by atoms with E-state index in [-0.39, 0.29) is 12.1 Å². The summed E-state index contributed by atoms with van der Waals surface area (Å²) >= 11 is 0. The highest BCUT2D eigenvalue weighted by Gasteiger charge is 2.18. The largest absolute Gasteiger partial charge is 0.457 e. The topological polar surface area (TPSA) is 48.4 Å². The van der Waals surface area contributed by atoms with E-state index in [4.69, 9.17) is 9.47 Å². The van der Waals surface area contributed by atoms with Gasteiger partial charge in [-0.2, -0.15) is 0 Å². The SMILES string of the molecule is O=C(/C=C\c1ccnc2ccccc12)O[C@H]1CCOC1. The predicted octanol–water partition coefficient (Wildman–Crippen LogP) is 2.58. The van der Waals surface area contributed by atoms with Gasteiger partial charge in [0.05, 0.1) is 18.7 Å². The van der Waals surface area contributed by atoms with Crippen molar-refractivity contribution in [3.63, 3.8) is 0 Å². The van der Waals surface area contributed by atoms with Crippen molar-refractivity contribution in [1.29, 1.82) is 0 Å². The summed E-state index contributed by atoms with van der Waals surface area (Å²) in [5.74, 6) is -0.332. The second-order valence-electron chi connectivity index (χ2n) is 4.67. The van der Waals surface area contributed by atoms with Crippen LogP contribution < -0.4 is 0 Å². The number of esters is 1. The van der Waals surface area contributed by atoms with Crippen molar-refractivity contribution < 1.29 is 14.3 Å². The van der Waals surface area contributed by atoms with Crippen LogP contribution in [0.25, 0.3) is 17.0 Å². The molecule has 0 N–H and O–H groups in total. The summed E-state index contributed by atoms with van der Waals surface area (Å²) in [7, 11) is 0. The standard InChI is InChI=1S/C16H15NO3/c18-16(20-13-8-10-19-11-13)6-5-12-7-9-17-15-4-2-1-3-14(12)15/h1-7,9,13H,8,10-11H2/b6-5-/t13-/m0/s1. The van der Waals surface area contributed by atoms with E-state index in [2.05, 4.69) is 4.98 Å². The Hall–Kier alpha value is -2.20. The minimum atomic E-state index is -0.332. The number of aromatic nitrogens is 1. The molecule has 1 atom stereocenters. The maximum Gasteiger partial charge on any atom is 0.331 e. The van der Waals surface area contributed by atoms with Gasteiger partial charge in [-0.3, -0.25) is 4.98 Å². The van der Waals surface area contributed by atoms with Crippen molar-refractivity contribution >= 4 is 22.9 Å². The van der Waals surface area contributed by atoms with E-state index in [9.17, 15) is 4.79 Å². The lowest BCUT2D eigenvalue weighted by molar-refractivity contribution is -0.142. The summed E-state index contributed by atoms with van der Waals surface area (Å²) in [5, 5.41) is 1.02. The fraction of sp³-hybridized carbons (Fsp3) is 0.250. The van der Waals surface area contributed by atoms with Crippen molar-refractivity contribution in [3.05, 3.63) is 48.2 Å². The van der Waals surface area contributed by atoms with Gasteiger partial charge in [-0.25, -0.2) is 4.79 Å². The van der Waals surface area contributed by atoms with Gasteiger partial charge < -0.3 is 9.47 Å². The average molecular weight is 269 g/mol. The maximum atomic E-state index is 11.7. The van der Waals surface area contributed by atoms with Crippen LogP contribution in [0.1, 0.15) is 12.0 Å². The van der Waals surface area contributed by atoms with Gasteiger partial charge in [-0.15, -0.1) is 0 Å². The number of benzene rings is 1. The van der Waals surface area contributed by atoms with Crippen LogP contribution in [0.3, 0.4) is 0 Å². The molecule has 1 aliphatic rings. The Morgan fingerprint density at radius 3 is 3.10 bits per heavy atom. The molecule has 2 aromatic rings. The molecule has 1 fully saturated rings. The zero-order valence-corrected chi connectivity index (χ0v) is 11.0. The Morgan fingerprint density at radius 2 is 2.25 bits per heavy atom. The first kappa shape index (κ1) is 12.8. The average Bonchev–Trinajstić information content (AvgIpc) is 2.98. The molecule has 0 spiro atoms.